The van der Waals surface area contributed by atoms with Gasteiger partial charge < -0.3 is 9.59 Å². The molecule has 0 unspecified atom stereocenters. The van der Waals surface area contributed by atoms with Crippen molar-refractivity contribution >= 4 is 27.0 Å². The van der Waals surface area contributed by atoms with Gasteiger partial charge in [-0.05, 0) is 36.6 Å². The summed E-state index contributed by atoms with van der Waals surface area (Å²) in [7, 11) is -4.36. The van der Waals surface area contributed by atoms with E-state index in [9.17, 15) is 9.59 Å². The number of rotatable bonds is 2. The molecule has 0 heterocycles. The maximum Gasteiger partial charge on any atom is 0.213 e. The predicted molar refractivity (Wildman–Crippen MR) is 65.1 cm³/mol. The van der Waals surface area contributed by atoms with Crippen LogP contribution in [0.15, 0.2) is 24.3 Å². The van der Waals surface area contributed by atoms with Crippen LogP contribution < -0.4 is 10.4 Å². The maximum absolute atomic E-state index is 9.87. The Morgan fingerprint density at radius 3 is 1.07 bits per heavy atom. The minimum atomic E-state index is -2.18. The smallest absolute Gasteiger partial charge is 0.213 e. The Bertz CT molecular complexity index is 273. The molecule has 0 saturated heterocycles. The van der Waals surface area contributed by atoms with Gasteiger partial charge in [0.2, 0.25) is 16.6 Å². The number of hydrogen-bond acceptors (Lipinski definition) is 2. The third kappa shape index (κ3) is 2.78. The minimum absolute atomic E-state index is 1.01. The third-order valence-electron chi connectivity index (χ3n) is 2.30. The monoisotopic (exact) mass is 226 g/mol. The second kappa shape index (κ2) is 3.62. The van der Waals surface area contributed by atoms with Crippen LogP contribution in [0.25, 0.3) is 0 Å². The van der Waals surface area contributed by atoms with E-state index in [0.717, 1.165) is 10.4 Å². The van der Waals surface area contributed by atoms with Crippen LogP contribution in [0.3, 0.4) is 0 Å². The molecule has 0 bridgehead atoms. The number of hydrogen-bond donors (Lipinski definition) is 2. The first-order valence-electron chi connectivity index (χ1n) is 4.77. The fourth-order valence-electron chi connectivity index (χ4n) is 1.29. The predicted octanol–water partition coefficient (Wildman–Crippen LogP) is 0.495. The van der Waals surface area contributed by atoms with E-state index in [1.54, 1.807) is 0 Å². The van der Waals surface area contributed by atoms with Gasteiger partial charge in [-0.25, -0.2) is 0 Å². The van der Waals surface area contributed by atoms with Crippen molar-refractivity contribution in [1.29, 1.82) is 0 Å². The quantitative estimate of drug-likeness (QED) is 0.721. The molecule has 2 N–H and O–H groups in total. The lowest BCUT2D eigenvalue weighted by Crippen LogP contribution is -2.45. The third-order valence-corrected chi connectivity index (χ3v) is 5.79. The minimum Gasteiger partial charge on any atom is -0.428 e. The highest BCUT2D eigenvalue weighted by molar-refractivity contribution is 6.84. The van der Waals surface area contributed by atoms with Crippen molar-refractivity contribution in [1.82, 2.24) is 0 Å². The van der Waals surface area contributed by atoms with Crippen molar-refractivity contribution in [3.63, 3.8) is 0 Å². The molecule has 1 aromatic rings. The molecule has 0 fully saturated rings. The SMILES string of the molecule is C[Si](C)(O)c1ccc([Si](C)(C)O)cc1. The Morgan fingerprint density at radius 1 is 0.714 bits per heavy atom. The molecule has 2 nitrogen and oxygen atoms in total. The lowest BCUT2D eigenvalue weighted by atomic mass is 10.4. The van der Waals surface area contributed by atoms with Gasteiger partial charge in [-0.15, -0.1) is 0 Å². The second-order valence-electron chi connectivity index (χ2n) is 4.70. The summed E-state index contributed by atoms with van der Waals surface area (Å²) in [5.41, 5.74) is 0. The highest BCUT2D eigenvalue weighted by atomic mass is 28.4. The van der Waals surface area contributed by atoms with E-state index in [1.165, 1.54) is 0 Å². The van der Waals surface area contributed by atoms with E-state index in [2.05, 4.69) is 0 Å². The van der Waals surface area contributed by atoms with Crippen molar-refractivity contribution in [2.45, 2.75) is 26.2 Å². The summed E-state index contributed by atoms with van der Waals surface area (Å²) in [6.07, 6.45) is 0. The summed E-state index contributed by atoms with van der Waals surface area (Å²) in [4.78, 5) is 19.7. The summed E-state index contributed by atoms with van der Waals surface area (Å²) in [5.74, 6) is 0. The normalized spacial score (nSPS) is 13.0. The molecule has 0 spiro atoms. The van der Waals surface area contributed by atoms with Crippen molar-refractivity contribution in [2.75, 3.05) is 0 Å². The fraction of sp³-hybridized carbons (Fsp3) is 0.400. The zero-order valence-electron chi connectivity index (χ0n) is 9.20. The van der Waals surface area contributed by atoms with Crippen LogP contribution in [0.2, 0.25) is 26.2 Å². The van der Waals surface area contributed by atoms with Gasteiger partial charge in [0.1, 0.15) is 0 Å². The van der Waals surface area contributed by atoms with Crippen molar-refractivity contribution in [3.8, 4) is 0 Å². The standard InChI is InChI=1S/C10H18O2Si2/c1-13(2,11)9-5-7-10(8-6-9)14(3,4)12/h5-8,11-12H,1-4H3. The van der Waals surface area contributed by atoms with Crippen LogP contribution in [-0.4, -0.2) is 26.2 Å². The Labute approximate surface area is 87.5 Å². The lowest BCUT2D eigenvalue weighted by Gasteiger charge is -2.18. The molecule has 0 aromatic heterocycles. The topological polar surface area (TPSA) is 40.5 Å². The summed E-state index contributed by atoms with van der Waals surface area (Å²) in [6.45, 7) is 7.57. The summed E-state index contributed by atoms with van der Waals surface area (Å²) < 4.78 is 0. The fourth-order valence-corrected chi connectivity index (χ4v) is 3.25. The van der Waals surface area contributed by atoms with Gasteiger partial charge in [-0.3, -0.25) is 0 Å². The molecule has 0 aliphatic rings. The van der Waals surface area contributed by atoms with Gasteiger partial charge in [0, 0.05) is 0 Å². The molecule has 78 valence electrons. The van der Waals surface area contributed by atoms with Gasteiger partial charge in [0.15, 0.2) is 0 Å². The molecule has 0 aliphatic heterocycles. The Hall–Kier alpha value is -0.426. The highest BCUT2D eigenvalue weighted by Gasteiger charge is 2.23. The van der Waals surface area contributed by atoms with E-state index >= 15 is 0 Å². The first-order chi connectivity index (χ1) is 6.21. The van der Waals surface area contributed by atoms with Crippen molar-refractivity contribution < 1.29 is 9.59 Å². The molecular formula is C10H18O2Si2. The molecule has 0 saturated carbocycles. The Morgan fingerprint density at radius 2 is 0.929 bits per heavy atom. The molecule has 1 rings (SSSR count). The van der Waals surface area contributed by atoms with Crippen LogP contribution in [-0.2, 0) is 0 Å². The van der Waals surface area contributed by atoms with E-state index in [-0.39, 0.29) is 0 Å². The van der Waals surface area contributed by atoms with Crippen LogP contribution in [0.4, 0.5) is 0 Å². The van der Waals surface area contributed by atoms with E-state index in [0.29, 0.717) is 0 Å². The van der Waals surface area contributed by atoms with Crippen LogP contribution in [0, 0.1) is 0 Å². The average molecular weight is 226 g/mol. The van der Waals surface area contributed by atoms with Crippen LogP contribution >= 0.6 is 0 Å². The summed E-state index contributed by atoms with van der Waals surface area (Å²) >= 11 is 0. The molecular weight excluding hydrogens is 208 g/mol. The van der Waals surface area contributed by atoms with Crippen molar-refractivity contribution in [3.05, 3.63) is 24.3 Å². The van der Waals surface area contributed by atoms with Crippen LogP contribution in [0.1, 0.15) is 0 Å². The van der Waals surface area contributed by atoms with E-state index in [4.69, 9.17) is 0 Å². The van der Waals surface area contributed by atoms with Gasteiger partial charge in [0.25, 0.3) is 0 Å². The molecule has 14 heavy (non-hydrogen) atoms. The maximum atomic E-state index is 9.87. The first-order valence-corrected chi connectivity index (χ1v) is 10.7. The Balaban J connectivity index is 3.02. The molecule has 1 aromatic carbocycles. The first kappa shape index (κ1) is 11.6. The van der Waals surface area contributed by atoms with Crippen molar-refractivity contribution in [2.24, 2.45) is 0 Å². The largest absolute Gasteiger partial charge is 0.428 e. The average Bonchev–Trinajstić information content (AvgIpc) is 2.01. The van der Waals surface area contributed by atoms with Gasteiger partial charge in [-0.1, -0.05) is 24.3 Å². The molecule has 0 radical (unpaired) electrons. The summed E-state index contributed by atoms with van der Waals surface area (Å²) in [5, 5.41) is 2.03. The van der Waals surface area contributed by atoms with Gasteiger partial charge in [-0.2, -0.15) is 0 Å². The van der Waals surface area contributed by atoms with Gasteiger partial charge in [0.05, 0.1) is 0 Å². The van der Waals surface area contributed by atoms with E-state index < -0.39 is 16.6 Å². The number of benzene rings is 1. The molecule has 4 heteroatoms. The van der Waals surface area contributed by atoms with Gasteiger partial charge >= 0.3 is 0 Å². The molecule has 0 atom stereocenters. The second-order valence-corrected chi connectivity index (χ2v) is 12.1. The highest BCUT2D eigenvalue weighted by Crippen LogP contribution is 2.00. The Kier molecular flexibility index (Phi) is 3.01. The van der Waals surface area contributed by atoms with E-state index in [1.807, 2.05) is 50.5 Å². The zero-order chi connectivity index (χ0) is 11.0. The van der Waals surface area contributed by atoms with Crippen LogP contribution in [0.5, 0.6) is 0 Å². The summed E-state index contributed by atoms with van der Waals surface area (Å²) in [6, 6.07) is 7.75. The zero-order valence-corrected chi connectivity index (χ0v) is 11.2. The molecule has 0 amide bonds. The lowest BCUT2D eigenvalue weighted by molar-refractivity contribution is 0.566. The molecule has 0 aliphatic carbocycles.